The van der Waals surface area contributed by atoms with Gasteiger partial charge in [-0.15, -0.1) is 6.42 Å². The van der Waals surface area contributed by atoms with Crippen molar-refractivity contribution in [3.05, 3.63) is 0 Å². The first-order chi connectivity index (χ1) is 10.4. The largest absolute Gasteiger partial charge is 0.444 e. The summed E-state index contributed by atoms with van der Waals surface area (Å²) in [6, 6.07) is 0.298. The van der Waals surface area contributed by atoms with Gasteiger partial charge in [-0.3, -0.25) is 4.99 Å². The van der Waals surface area contributed by atoms with E-state index in [2.05, 4.69) is 21.5 Å². The average Bonchev–Trinajstić information content (AvgIpc) is 3.23. The second-order valence-electron chi connectivity index (χ2n) is 6.22. The van der Waals surface area contributed by atoms with Crippen LogP contribution in [0.2, 0.25) is 0 Å². The fourth-order valence-corrected chi connectivity index (χ4v) is 1.88. The fourth-order valence-electron chi connectivity index (χ4n) is 1.88. The van der Waals surface area contributed by atoms with Gasteiger partial charge in [0.15, 0.2) is 5.96 Å². The molecule has 0 bridgehead atoms. The van der Waals surface area contributed by atoms with Crippen LogP contribution in [0.4, 0.5) is 4.79 Å². The highest BCUT2D eigenvalue weighted by atomic mass is 16.6. The number of ether oxygens (including phenoxy) is 1. The van der Waals surface area contributed by atoms with Gasteiger partial charge >= 0.3 is 6.09 Å². The predicted molar refractivity (Wildman–Crippen MR) is 88.8 cm³/mol. The molecule has 1 aliphatic carbocycles. The maximum atomic E-state index is 12.2. The molecular formula is C16H28N4O2. The van der Waals surface area contributed by atoms with E-state index in [-0.39, 0.29) is 6.09 Å². The summed E-state index contributed by atoms with van der Waals surface area (Å²) in [5.74, 6) is 3.18. The maximum absolute atomic E-state index is 12.2. The van der Waals surface area contributed by atoms with Gasteiger partial charge < -0.3 is 20.3 Å². The van der Waals surface area contributed by atoms with E-state index in [4.69, 9.17) is 11.2 Å². The Kier molecular flexibility index (Phi) is 7.03. The average molecular weight is 308 g/mol. The van der Waals surface area contributed by atoms with Crippen molar-refractivity contribution < 1.29 is 9.53 Å². The lowest BCUT2D eigenvalue weighted by molar-refractivity contribution is 0.0240. The van der Waals surface area contributed by atoms with Gasteiger partial charge in [-0.1, -0.05) is 5.92 Å². The smallest absolute Gasteiger partial charge is 0.410 e. The highest BCUT2D eigenvalue weighted by Gasteiger charge is 2.34. The molecule has 0 heterocycles. The van der Waals surface area contributed by atoms with E-state index in [0.29, 0.717) is 31.6 Å². The summed E-state index contributed by atoms with van der Waals surface area (Å²) in [5.41, 5.74) is -0.475. The Balaban J connectivity index is 2.53. The van der Waals surface area contributed by atoms with Crippen molar-refractivity contribution >= 4 is 12.1 Å². The Hall–Kier alpha value is -1.90. The molecule has 0 aliphatic heterocycles. The molecule has 124 valence electrons. The van der Waals surface area contributed by atoms with E-state index in [1.165, 1.54) is 0 Å². The van der Waals surface area contributed by atoms with Crippen LogP contribution >= 0.6 is 0 Å². The van der Waals surface area contributed by atoms with Gasteiger partial charge in [0.2, 0.25) is 0 Å². The second kappa shape index (κ2) is 8.52. The molecule has 0 unspecified atom stereocenters. The van der Waals surface area contributed by atoms with E-state index >= 15 is 0 Å². The Morgan fingerprint density at radius 2 is 2.09 bits per heavy atom. The molecule has 0 aromatic carbocycles. The molecule has 6 heteroatoms. The van der Waals surface area contributed by atoms with Crippen molar-refractivity contribution in [1.82, 2.24) is 15.5 Å². The summed E-state index contributed by atoms with van der Waals surface area (Å²) in [6.07, 6.45) is 7.05. The zero-order chi connectivity index (χ0) is 16.6. The first kappa shape index (κ1) is 18.1. The summed E-state index contributed by atoms with van der Waals surface area (Å²) in [5, 5.41) is 6.14. The number of guanidine groups is 1. The number of aliphatic imine (C=N–C) groups is 1. The summed E-state index contributed by atoms with van der Waals surface area (Å²) in [6.45, 7) is 9.86. The molecule has 0 spiro atoms. The normalized spacial score (nSPS) is 15.0. The molecule has 22 heavy (non-hydrogen) atoms. The molecule has 1 fully saturated rings. The quantitative estimate of drug-likeness (QED) is 0.444. The molecule has 6 nitrogen and oxygen atoms in total. The monoisotopic (exact) mass is 308 g/mol. The molecule has 1 amide bonds. The highest BCUT2D eigenvalue weighted by Crippen LogP contribution is 2.28. The SMILES string of the molecule is C#CCNC(=NCCN(C(=O)OC(C)(C)C)C1CC1)NCC. The van der Waals surface area contributed by atoms with Crippen LogP contribution in [0.5, 0.6) is 0 Å². The molecule has 0 radical (unpaired) electrons. The summed E-state index contributed by atoms with van der Waals surface area (Å²) >= 11 is 0. The number of carbonyl (C=O) groups excluding carboxylic acids is 1. The molecule has 1 rings (SSSR count). The van der Waals surface area contributed by atoms with Crippen LogP contribution in [-0.4, -0.2) is 54.8 Å². The number of terminal acetylenes is 1. The minimum absolute atomic E-state index is 0.258. The molecule has 1 saturated carbocycles. The Bertz CT molecular complexity index is 430. The van der Waals surface area contributed by atoms with E-state index in [1.807, 2.05) is 27.7 Å². The summed E-state index contributed by atoms with van der Waals surface area (Å²) < 4.78 is 5.45. The van der Waals surface area contributed by atoms with Gasteiger partial charge in [-0.25, -0.2) is 4.79 Å². The van der Waals surface area contributed by atoms with Gasteiger partial charge in [0, 0.05) is 19.1 Å². The second-order valence-corrected chi connectivity index (χ2v) is 6.22. The number of amides is 1. The van der Waals surface area contributed by atoms with Crippen molar-refractivity contribution in [2.24, 2.45) is 4.99 Å². The number of rotatable bonds is 6. The third-order valence-electron chi connectivity index (χ3n) is 2.93. The van der Waals surface area contributed by atoms with E-state index in [1.54, 1.807) is 4.90 Å². The van der Waals surface area contributed by atoms with Crippen LogP contribution in [0, 0.1) is 12.3 Å². The first-order valence-corrected chi connectivity index (χ1v) is 7.82. The molecule has 0 atom stereocenters. The van der Waals surface area contributed by atoms with E-state index in [9.17, 15) is 4.79 Å². The van der Waals surface area contributed by atoms with Crippen molar-refractivity contribution in [2.75, 3.05) is 26.2 Å². The lowest BCUT2D eigenvalue weighted by atomic mass is 10.2. The van der Waals surface area contributed by atoms with Gasteiger partial charge in [0.1, 0.15) is 5.60 Å². The van der Waals surface area contributed by atoms with Crippen LogP contribution in [0.1, 0.15) is 40.5 Å². The number of hydrogen-bond acceptors (Lipinski definition) is 3. The van der Waals surface area contributed by atoms with Crippen LogP contribution < -0.4 is 10.6 Å². The Morgan fingerprint density at radius 1 is 1.41 bits per heavy atom. The lowest BCUT2D eigenvalue weighted by Crippen LogP contribution is -2.41. The Labute approximate surface area is 133 Å². The summed E-state index contributed by atoms with van der Waals surface area (Å²) in [4.78, 5) is 18.4. The van der Waals surface area contributed by atoms with Crippen LogP contribution in [0.3, 0.4) is 0 Å². The minimum Gasteiger partial charge on any atom is -0.444 e. The highest BCUT2D eigenvalue weighted by molar-refractivity contribution is 5.80. The van der Waals surface area contributed by atoms with Crippen molar-refractivity contribution in [3.63, 3.8) is 0 Å². The van der Waals surface area contributed by atoms with Crippen molar-refractivity contribution in [2.45, 2.75) is 52.2 Å². The van der Waals surface area contributed by atoms with Crippen LogP contribution in [-0.2, 0) is 4.74 Å². The number of nitrogens with one attached hydrogen (secondary N) is 2. The topological polar surface area (TPSA) is 66.0 Å². The first-order valence-electron chi connectivity index (χ1n) is 7.82. The van der Waals surface area contributed by atoms with Gasteiger partial charge in [0.25, 0.3) is 0 Å². The lowest BCUT2D eigenvalue weighted by Gasteiger charge is -2.27. The number of nitrogens with zero attached hydrogens (tertiary/aromatic N) is 2. The van der Waals surface area contributed by atoms with E-state index < -0.39 is 5.60 Å². The molecule has 1 aliphatic rings. The zero-order valence-electron chi connectivity index (χ0n) is 14.1. The van der Waals surface area contributed by atoms with Crippen LogP contribution in [0.15, 0.2) is 4.99 Å². The molecule has 0 aromatic rings. The molecular weight excluding hydrogens is 280 g/mol. The van der Waals surface area contributed by atoms with Crippen molar-refractivity contribution in [1.29, 1.82) is 0 Å². The minimum atomic E-state index is -0.475. The molecule has 0 aromatic heterocycles. The molecule has 0 saturated heterocycles. The predicted octanol–water partition coefficient (Wildman–Crippen LogP) is 1.57. The third kappa shape index (κ3) is 7.21. The number of carbonyl (C=O) groups is 1. The third-order valence-corrected chi connectivity index (χ3v) is 2.93. The van der Waals surface area contributed by atoms with Crippen molar-refractivity contribution in [3.8, 4) is 12.3 Å². The van der Waals surface area contributed by atoms with Gasteiger partial charge in [0.05, 0.1) is 13.1 Å². The molecule has 2 N–H and O–H groups in total. The van der Waals surface area contributed by atoms with Gasteiger partial charge in [-0.2, -0.15) is 0 Å². The van der Waals surface area contributed by atoms with E-state index in [0.717, 1.165) is 19.4 Å². The maximum Gasteiger partial charge on any atom is 0.410 e. The standard InChI is InChI=1S/C16H28N4O2/c1-6-10-18-14(17-7-2)19-11-12-20(13-8-9-13)15(21)22-16(3,4)5/h1,13H,7-12H2,2-5H3,(H2,17,18,19). The zero-order valence-corrected chi connectivity index (χ0v) is 14.1. The summed E-state index contributed by atoms with van der Waals surface area (Å²) in [7, 11) is 0. The Morgan fingerprint density at radius 3 is 2.59 bits per heavy atom. The van der Waals surface area contributed by atoms with Gasteiger partial charge in [-0.05, 0) is 40.5 Å². The fraction of sp³-hybridized carbons (Fsp3) is 0.750. The van der Waals surface area contributed by atoms with Crippen LogP contribution in [0.25, 0.3) is 0 Å². The number of hydrogen-bond donors (Lipinski definition) is 2.